The normalized spacial score (nSPS) is 28.7. The minimum atomic E-state index is 0.136. The lowest BCUT2D eigenvalue weighted by atomic mass is 9.96. The number of piperidine rings is 1. The van der Waals surface area contributed by atoms with Gasteiger partial charge in [0.2, 0.25) is 5.91 Å². The van der Waals surface area contributed by atoms with Gasteiger partial charge in [-0.15, -0.1) is 0 Å². The summed E-state index contributed by atoms with van der Waals surface area (Å²) >= 11 is 0. The van der Waals surface area contributed by atoms with Crippen LogP contribution in [0.4, 0.5) is 0 Å². The van der Waals surface area contributed by atoms with Gasteiger partial charge in [0.25, 0.3) is 0 Å². The zero-order valence-corrected chi connectivity index (χ0v) is 14.5. The topological polar surface area (TPSA) is 36.0 Å². The maximum atomic E-state index is 12.3. The van der Waals surface area contributed by atoms with Crippen molar-refractivity contribution in [3.05, 3.63) is 12.2 Å². The predicted molar refractivity (Wildman–Crippen MR) is 88.9 cm³/mol. The predicted octanol–water partition coefficient (Wildman–Crippen LogP) is 1.20. The summed E-state index contributed by atoms with van der Waals surface area (Å²) in [4.78, 5) is 18.9. The van der Waals surface area contributed by atoms with Crippen molar-refractivity contribution in [3.63, 3.8) is 0 Å². The van der Waals surface area contributed by atoms with Crippen LogP contribution in [-0.4, -0.2) is 86.7 Å². The van der Waals surface area contributed by atoms with Crippen molar-refractivity contribution < 1.29 is 9.53 Å². The van der Waals surface area contributed by atoms with Crippen molar-refractivity contribution in [1.29, 1.82) is 0 Å². The van der Waals surface area contributed by atoms with Gasteiger partial charge in [0.05, 0.1) is 6.61 Å². The van der Waals surface area contributed by atoms with E-state index in [0.29, 0.717) is 18.1 Å². The maximum Gasteiger partial charge on any atom is 0.246 e. The standard InChI is InChI=1S/C17H31N3O2/c1-18(2)9-5-6-17(21)19(3)16-12-14-7-8-15(13-16)20(14)10-11-22-4/h5-6,14-16H,7-13H2,1-4H3/b6-5+. The Balaban J connectivity index is 1.87. The molecule has 2 fully saturated rings. The van der Waals surface area contributed by atoms with Crippen molar-refractivity contribution in [2.24, 2.45) is 0 Å². The van der Waals surface area contributed by atoms with Gasteiger partial charge in [0.1, 0.15) is 0 Å². The van der Waals surface area contributed by atoms with Gasteiger partial charge in [-0.05, 0) is 39.8 Å². The highest BCUT2D eigenvalue weighted by atomic mass is 16.5. The fourth-order valence-corrected chi connectivity index (χ4v) is 3.79. The summed E-state index contributed by atoms with van der Waals surface area (Å²) in [6, 6.07) is 1.63. The molecule has 2 atom stereocenters. The third kappa shape index (κ3) is 4.31. The molecule has 2 unspecified atom stereocenters. The Morgan fingerprint density at radius 1 is 1.23 bits per heavy atom. The van der Waals surface area contributed by atoms with E-state index in [4.69, 9.17) is 4.74 Å². The SMILES string of the molecule is COCCN1C2CCC1CC(N(C)C(=O)/C=C/CN(C)C)C2. The molecule has 22 heavy (non-hydrogen) atoms. The molecular formula is C17H31N3O2. The lowest BCUT2D eigenvalue weighted by Crippen LogP contribution is -2.51. The van der Waals surface area contributed by atoms with Gasteiger partial charge >= 0.3 is 0 Å². The van der Waals surface area contributed by atoms with Crippen molar-refractivity contribution in [2.45, 2.75) is 43.8 Å². The fraction of sp³-hybridized carbons (Fsp3) is 0.824. The monoisotopic (exact) mass is 309 g/mol. The average Bonchev–Trinajstić information content (AvgIpc) is 2.71. The fourth-order valence-electron chi connectivity index (χ4n) is 3.79. The molecule has 2 aliphatic heterocycles. The molecule has 2 saturated heterocycles. The highest BCUT2D eigenvalue weighted by molar-refractivity contribution is 5.87. The number of amides is 1. The Hall–Kier alpha value is -0.910. The van der Waals surface area contributed by atoms with E-state index < -0.39 is 0 Å². The molecule has 2 bridgehead atoms. The third-order valence-corrected chi connectivity index (χ3v) is 5.04. The smallest absolute Gasteiger partial charge is 0.246 e. The first-order valence-electron chi connectivity index (χ1n) is 8.35. The summed E-state index contributed by atoms with van der Waals surface area (Å²) < 4.78 is 5.23. The van der Waals surface area contributed by atoms with E-state index in [2.05, 4.69) is 9.80 Å². The maximum absolute atomic E-state index is 12.3. The van der Waals surface area contributed by atoms with Crippen molar-refractivity contribution in [1.82, 2.24) is 14.7 Å². The number of methoxy groups -OCH3 is 1. The summed E-state index contributed by atoms with van der Waals surface area (Å²) in [6.07, 6.45) is 8.40. The molecule has 0 spiro atoms. The van der Waals surface area contributed by atoms with E-state index in [1.165, 1.54) is 12.8 Å². The number of nitrogens with zero attached hydrogens (tertiary/aromatic N) is 3. The molecule has 0 saturated carbocycles. The summed E-state index contributed by atoms with van der Waals surface area (Å²) in [5, 5.41) is 0. The number of fused-ring (bicyclic) bond motifs is 2. The molecule has 2 aliphatic rings. The summed E-state index contributed by atoms with van der Waals surface area (Å²) in [5.74, 6) is 0.136. The number of ether oxygens (including phenoxy) is 1. The molecule has 2 rings (SSSR count). The van der Waals surface area contributed by atoms with Gasteiger partial charge in [-0.3, -0.25) is 9.69 Å². The lowest BCUT2D eigenvalue weighted by molar-refractivity contribution is -0.128. The molecular weight excluding hydrogens is 278 g/mol. The van der Waals surface area contributed by atoms with E-state index in [1.807, 2.05) is 32.1 Å². The van der Waals surface area contributed by atoms with Gasteiger partial charge in [0, 0.05) is 51.4 Å². The number of hydrogen-bond acceptors (Lipinski definition) is 4. The second-order valence-corrected chi connectivity index (χ2v) is 6.85. The van der Waals surface area contributed by atoms with Crippen molar-refractivity contribution in [3.8, 4) is 0 Å². The van der Waals surface area contributed by atoms with E-state index in [-0.39, 0.29) is 5.91 Å². The molecule has 0 radical (unpaired) electrons. The summed E-state index contributed by atoms with van der Waals surface area (Å²) in [7, 11) is 7.73. The average molecular weight is 309 g/mol. The van der Waals surface area contributed by atoms with Crippen LogP contribution in [0.2, 0.25) is 0 Å². The molecule has 0 aromatic carbocycles. The van der Waals surface area contributed by atoms with E-state index >= 15 is 0 Å². The van der Waals surface area contributed by atoms with Gasteiger partial charge in [-0.1, -0.05) is 6.08 Å². The Bertz CT molecular complexity index is 383. The Morgan fingerprint density at radius 2 is 1.86 bits per heavy atom. The molecule has 0 aliphatic carbocycles. The molecule has 5 heteroatoms. The summed E-state index contributed by atoms with van der Waals surface area (Å²) in [6.45, 7) is 2.64. The number of hydrogen-bond donors (Lipinski definition) is 0. The molecule has 126 valence electrons. The second kappa shape index (κ2) is 8.09. The first-order chi connectivity index (χ1) is 10.5. The minimum absolute atomic E-state index is 0.136. The van der Waals surface area contributed by atoms with E-state index in [0.717, 1.165) is 32.5 Å². The molecule has 1 amide bonds. The Kier molecular flexibility index (Phi) is 6.41. The lowest BCUT2D eigenvalue weighted by Gasteiger charge is -2.42. The Morgan fingerprint density at radius 3 is 2.41 bits per heavy atom. The highest BCUT2D eigenvalue weighted by Gasteiger charge is 2.41. The van der Waals surface area contributed by atoms with E-state index in [9.17, 15) is 4.79 Å². The summed E-state index contributed by atoms with van der Waals surface area (Å²) in [5.41, 5.74) is 0. The Labute approximate surface area is 134 Å². The molecule has 0 aromatic heterocycles. The van der Waals surface area contributed by atoms with Crippen LogP contribution in [0.25, 0.3) is 0 Å². The molecule has 0 aromatic rings. The van der Waals surface area contributed by atoms with Gasteiger partial charge < -0.3 is 14.5 Å². The van der Waals surface area contributed by atoms with Gasteiger partial charge in [-0.2, -0.15) is 0 Å². The first kappa shape index (κ1) is 17.4. The molecule has 2 heterocycles. The number of likely N-dealkylation sites (N-methyl/N-ethyl adjacent to an activating group) is 2. The largest absolute Gasteiger partial charge is 0.383 e. The minimum Gasteiger partial charge on any atom is -0.383 e. The van der Waals surface area contributed by atoms with Crippen LogP contribution in [-0.2, 0) is 9.53 Å². The van der Waals surface area contributed by atoms with Crippen LogP contribution >= 0.6 is 0 Å². The van der Waals surface area contributed by atoms with E-state index in [1.54, 1.807) is 13.2 Å². The number of rotatable bonds is 7. The molecule has 5 nitrogen and oxygen atoms in total. The second-order valence-electron chi connectivity index (χ2n) is 6.85. The van der Waals surface area contributed by atoms with Gasteiger partial charge in [-0.25, -0.2) is 0 Å². The van der Waals surface area contributed by atoms with Crippen LogP contribution in [0.1, 0.15) is 25.7 Å². The van der Waals surface area contributed by atoms with Crippen LogP contribution in [0, 0.1) is 0 Å². The van der Waals surface area contributed by atoms with Crippen LogP contribution in [0.15, 0.2) is 12.2 Å². The first-order valence-corrected chi connectivity index (χ1v) is 8.35. The van der Waals surface area contributed by atoms with Crippen molar-refractivity contribution >= 4 is 5.91 Å². The van der Waals surface area contributed by atoms with Gasteiger partial charge in [0.15, 0.2) is 0 Å². The zero-order chi connectivity index (χ0) is 16.1. The van der Waals surface area contributed by atoms with Crippen LogP contribution < -0.4 is 0 Å². The molecule has 0 N–H and O–H groups in total. The third-order valence-electron chi connectivity index (χ3n) is 5.04. The quantitative estimate of drug-likeness (QED) is 0.662. The van der Waals surface area contributed by atoms with Crippen molar-refractivity contribution in [2.75, 3.05) is 47.9 Å². The number of carbonyl (C=O) groups is 1. The number of carbonyl (C=O) groups excluding carboxylic acids is 1. The van der Waals surface area contributed by atoms with Crippen LogP contribution in [0.5, 0.6) is 0 Å². The van der Waals surface area contributed by atoms with Crippen LogP contribution in [0.3, 0.4) is 0 Å². The zero-order valence-electron chi connectivity index (χ0n) is 14.5. The highest BCUT2D eigenvalue weighted by Crippen LogP contribution is 2.37.